The lowest BCUT2D eigenvalue weighted by Crippen LogP contribution is -2.02. The van der Waals surface area contributed by atoms with Crippen LogP contribution < -0.4 is 0 Å². The van der Waals surface area contributed by atoms with Crippen molar-refractivity contribution in [3.63, 3.8) is 0 Å². The van der Waals surface area contributed by atoms with Gasteiger partial charge in [0.1, 0.15) is 0 Å². The molecule has 0 saturated carbocycles. The Morgan fingerprint density at radius 2 is 1.89 bits per heavy atom. The normalized spacial score (nSPS) is 10.7. The van der Waals surface area contributed by atoms with E-state index < -0.39 is 11.7 Å². The number of carboxylic acids is 1. The van der Waals surface area contributed by atoms with E-state index in [4.69, 9.17) is 5.11 Å². The number of pyridine rings is 1. The van der Waals surface area contributed by atoms with Crippen molar-refractivity contribution in [1.82, 2.24) is 4.98 Å². The molecule has 1 aromatic carbocycles. The number of alkyl halides is 2. The summed E-state index contributed by atoms with van der Waals surface area (Å²) in [5.74, 6) is -3.60. The summed E-state index contributed by atoms with van der Waals surface area (Å²) in [6.07, 6.45) is 1.40. The quantitative estimate of drug-likeness (QED) is 0.867. The summed E-state index contributed by atoms with van der Waals surface area (Å²) in [5, 5.41) is 9.03. The summed E-state index contributed by atoms with van der Waals surface area (Å²) < 4.78 is 24.4. The third-order valence-electron chi connectivity index (χ3n) is 2.40. The molecule has 0 saturated heterocycles. The van der Waals surface area contributed by atoms with E-state index in [2.05, 4.69) is 4.98 Å². The molecule has 2 aromatic rings. The van der Waals surface area contributed by atoms with Gasteiger partial charge in [-0.2, -0.15) is 8.78 Å². The van der Waals surface area contributed by atoms with Crippen molar-refractivity contribution in [2.75, 3.05) is 0 Å². The Bertz CT molecular complexity index is 587. The fourth-order valence-corrected chi connectivity index (χ4v) is 2.12. The Kier molecular flexibility index (Phi) is 4.11. The fourth-order valence-electron chi connectivity index (χ4n) is 1.62. The van der Waals surface area contributed by atoms with Crippen LogP contribution in [0.25, 0.3) is 11.1 Å². The average molecular weight is 281 g/mol. The van der Waals surface area contributed by atoms with E-state index in [9.17, 15) is 13.6 Å². The van der Waals surface area contributed by atoms with Crippen LogP contribution in [-0.4, -0.2) is 21.8 Å². The molecule has 3 nitrogen and oxygen atoms in total. The first-order valence-corrected chi connectivity index (χ1v) is 6.19. The van der Waals surface area contributed by atoms with E-state index in [1.165, 1.54) is 18.3 Å². The van der Waals surface area contributed by atoms with Crippen molar-refractivity contribution >= 4 is 17.7 Å². The molecule has 0 aliphatic rings. The molecule has 2 rings (SSSR count). The van der Waals surface area contributed by atoms with Crippen LogP contribution in [0.2, 0.25) is 0 Å². The Balaban J connectivity index is 2.35. The molecule has 0 amide bonds. The highest BCUT2D eigenvalue weighted by Crippen LogP contribution is 2.28. The van der Waals surface area contributed by atoms with E-state index in [1.54, 1.807) is 24.3 Å². The van der Waals surface area contributed by atoms with Crippen LogP contribution in [0.1, 0.15) is 10.5 Å². The molecule has 0 bridgehead atoms. The molecule has 0 aliphatic heterocycles. The second-order valence-corrected chi connectivity index (χ2v) is 4.67. The molecular weight excluding hydrogens is 272 g/mol. The van der Waals surface area contributed by atoms with Gasteiger partial charge in [-0.15, -0.1) is 0 Å². The van der Waals surface area contributed by atoms with Crippen molar-refractivity contribution in [3.05, 3.63) is 48.3 Å². The van der Waals surface area contributed by atoms with Crippen LogP contribution in [-0.2, 0) is 0 Å². The number of hydrogen-bond acceptors (Lipinski definition) is 3. The van der Waals surface area contributed by atoms with Crippen molar-refractivity contribution in [2.24, 2.45) is 0 Å². The lowest BCUT2D eigenvalue weighted by molar-refractivity contribution is 0.0691. The maximum atomic E-state index is 12.2. The van der Waals surface area contributed by atoms with Gasteiger partial charge in [-0.1, -0.05) is 30.0 Å². The minimum Gasteiger partial charge on any atom is -0.476 e. The Hall–Kier alpha value is -1.95. The van der Waals surface area contributed by atoms with Gasteiger partial charge in [0, 0.05) is 16.7 Å². The molecule has 0 aliphatic carbocycles. The highest BCUT2D eigenvalue weighted by atomic mass is 32.2. The molecule has 1 aromatic heterocycles. The average Bonchev–Trinajstić information content (AvgIpc) is 2.39. The van der Waals surface area contributed by atoms with E-state index in [0.717, 1.165) is 0 Å². The molecule has 98 valence electrons. The maximum absolute atomic E-state index is 12.2. The van der Waals surface area contributed by atoms with Crippen LogP contribution in [0, 0.1) is 0 Å². The summed E-state index contributed by atoms with van der Waals surface area (Å²) in [6.45, 7) is 0. The first-order valence-electron chi connectivity index (χ1n) is 5.31. The summed E-state index contributed by atoms with van der Waals surface area (Å²) in [4.78, 5) is 15.3. The first kappa shape index (κ1) is 13.5. The molecule has 1 heterocycles. The molecule has 0 fully saturated rings. The van der Waals surface area contributed by atoms with E-state index in [-0.39, 0.29) is 5.69 Å². The number of thioether (sulfide) groups is 1. The van der Waals surface area contributed by atoms with Gasteiger partial charge in [0.15, 0.2) is 5.69 Å². The third-order valence-corrected chi connectivity index (χ3v) is 3.12. The van der Waals surface area contributed by atoms with Crippen molar-refractivity contribution in [1.29, 1.82) is 0 Å². The molecule has 1 N–H and O–H groups in total. The number of carboxylic acid groups (broad SMARTS) is 1. The summed E-state index contributed by atoms with van der Waals surface area (Å²) >= 11 is 0.448. The van der Waals surface area contributed by atoms with Gasteiger partial charge in [-0.05, 0) is 23.8 Å². The van der Waals surface area contributed by atoms with Gasteiger partial charge < -0.3 is 5.11 Å². The van der Waals surface area contributed by atoms with Crippen LogP contribution in [0.4, 0.5) is 8.78 Å². The molecule has 19 heavy (non-hydrogen) atoms. The van der Waals surface area contributed by atoms with Crippen LogP contribution in [0.15, 0.2) is 47.5 Å². The lowest BCUT2D eigenvalue weighted by Gasteiger charge is -2.06. The molecule has 0 atom stereocenters. The standard InChI is InChI=1S/C13H9F2NO2S/c14-13(15)19-9-5-3-8(4-6-9)10-2-1-7-16-11(10)12(17)18/h1-7,13H,(H,17,18). The second kappa shape index (κ2) is 5.79. The van der Waals surface area contributed by atoms with Gasteiger partial charge in [0.2, 0.25) is 0 Å². The number of carbonyl (C=O) groups is 1. The van der Waals surface area contributed by atoms with Gasteiger partial charge in [-0.25, -0.2) is 9.78 Å². The highest BCUT2D eigenvalue weighted by molar-refractivity contribution is 7.99. The monoisotopic (exact) mass is 281 g/mol. The van der Waals surface area contributed by atoms with Crippen LogP contribution in [0.3, 0.4) is 0 Å². The zero-order chi connectivity index (χ0) is 13.8. The Morgan fingerprint density at radius 1 is 1.21 bits per heavy atom. The van der Waals surface area contributed by atoms with Crippen molar-refractivity contribution in [3.8, 4) is 11.1 Å². The topological polar surface area (TPSA) is 50.2 Å². The molecule has 0 spiro atoms. The maximum Gasteiger partial charge on any atom is 0.355 e. The number of aromatic carboxylic acids is 1. The van der Waals surface area contributed by atoms with Gasteiger partial charge in [-0.3, -0.25) is 0 Å². The van der Waals surface area contributed by atoms with Gasteiger partial charge >= 0.3 is 5.97 Å². The van der Waals surface area contributed by atoms with Crippen molar-refractivity contribution < 1.29 is 18.7 Å². The van der Waals surface area contributed by atoms with E-state index in [0.29, 0.717) is 27.8 Å². The molecule has 0 radical (unpaired) electrons. The number of rotatable bonds is 4. The summed E-state index contributed by atoms with van der Waals surface area (Å²) in [5.41, 5.74) is 1.03. The fraction of sp³-hybridized carbons (Fsp3) is 0.0769. The van der Waals surface area contributed by atoms with E-state index >= 15 is 0 Å². The number of nitrogens with zero attached hydrogens (tertiary/aromatic N) is 1. The molecular formula is C13H9F2NO2S. The lowest BCUT2D eigenvalue weighted by atomic mass is 10.0. The SMILES string of the molecule is O=C(O)c1ncccc1-c1ccc(SC(F)F)cc1. The predicted molar refractivity (Wildman–Crippen MR) is 68.5 cm³/mol. The summed E-state index contributed by atoms with van der Waals surface area (Å²) in [6, 6.07) is 9.53. The second-order valence-electron chi connectivity index (χ2n) is 3.61. The Labute approximate surface area is 112 Å². The number of hydrogen-bond donors (Lipinski definition) is 1. The molecule has 6 heteroatoms. The van der Waals surface area contributed by atoms with Crippen molar-refractivity contribution in [2.45, 2.75) is 10.7 Å². The minimum absolute atomic E-state index is 0.0586. The van der Waals surface area contributed by atoms with E-state index in [1.807, 2.05) is 0 Å². The number of aromatic nitrogens is 1. The smallest absolute Gasteiger partial charge is 0.355 e. The van der Waals surface area contributed by atoms with Gasteiger partial charge in [0.25, 0.3) is 5.76 Å². The predicted octanol–water partition coefficient (Wildman–Crippen LogP) is 3.76. The minimum atomic E-state index is -2.47. The van der Waals surface area contributed by atoms with Crippen LogP contribution in [0.5, 0.6) is 0 Å². The Morgan fingerprint density at radius 3 is 2.47 bits per heavy atom. The van der Waals surface area contributed by atoms with Gasteiger partial charge in [0.05, 0.1) is 0 Å². The largest absolute Gasteiger partial charge is 0.476 e. The zero-order valence-corrected chi connectivity index (χ0v) is 10.4. The summed E-state index contributed by atoms with van der Waals surface area (Å²) in [7, 11) is 0. The third kappa shape index (κ3) is 3.29. The molecule has 0 unspecified atom stereocenters. The number of benzene rings is 1. The first-order chi connectivity index (χ1) is 9.08. The zero-order valence-electron chi connectivity index (χ0n) is 9.59. The highest BCUT2D eigenvalue weighted by Gasteiger charge is 2.13. The van der Waals surface area contributed by atoms with Crippen LogP contribution >= 0.6 is 11.8 Å². The number of halogens is 2.